The van der Waals surface area contributed by atoms with Gasteiger partial charge in [0.25, 0.3) is 5.91 Å². The Morgan fingerprint density at radius 1 is 1.11 bits per heavy atom. The van der Waals surface area contributed by atoms with Crippen molar-refractivity contribution < 1.29 is 9.53 Å². The van der Waals surface area contributed by atoms with Gasteiger partial charge < -0.3 is 10.1 Å². The van der Waals surface area contributed by atoms with Gasteiger partial charge in [0, 0.05) is 30.1 Å². The Morgan fingerprint density at radius 3 is 2.54 bits per heavy atom. The molecule has 1 N–H and O–H groups in total. The zero-order chi connectivity index (χ0) is 19.2. The molecule has 28 heavy (non-hydrogen) atoms. The first kappa shape index (κ1) is 19.6. The van der Waals surface area contributed by atoms with E-state index in [0.29, 0.717) is 12.5 Å². The number of hydrogen-bond donors (Lipinski definition) is 1. The van der Waals surface area contributed by atoms with Gasteiger partial charge >= 0.3 is 0 Å². The molecule has 1 amide bonds. The molecule has 2 heterocycles. The molecule has 1 aromatic heterocycles. The first-order valence-corrected chi connectivity index (χ1v) is 11.4. The molecule has 2 aromatic rings. The smallest absolute Gasteiger partial charge is 0.251 e. The highest BCUT2D eigenvalue weighted by atomic mass is 32.1. The molecule has 1 aromatic carbocycles. The molecule has 2 aliphatic rings. The van der Waals surface area contributed by atoms with E-state index in [-0.39, 0.29) is 11.9 Å². The molecular weight excluding hydrogens is 368 g/mol. The summed E-state index contributed by atoms with van der Waals surface area (Å²) < 4.78 is 5.50. The largest absolute Gasteiger partial charge is 0.379 e. The lowest BCUT2D eigenvalue weighted by atomic mass is 9.84. The number of carbonyl (C=O) groups excluding carboxylic acids is 1. The minimum atomic E-state index is 0.0185. The molecule has 150 valence electrons. The molecule has 4 nitrogen and oxygen atoms in total. The summed E-state index contributed by atoms with van der Waals surface area (Å²) in [6.07, 6.45) is 6.60. The summed E-state index contributed by atoms with van der Waals surface area (Å²) in [7, 11) is 0. The second-order valence-electron chi connectivity index (χ2n) is 7.85. The summed E-state index contributed by atoms with van der Waals surface area (Å²) in [4.78, 5) is 16.5. The maximum absolute atomic E-state index is 12.7. The minimum Gasteiger partial charge on any atom is -0.379 e. The number of hydrogen-bond acceptors (Lipinski definition) is 4. The SMILES string of the molecule is O=C(NC[C@@H](c1cccs1)N1CCOCC1)c1ccc(C2CCCCC2)cc1. The summed E-state index contributed by atoms with van der Waals surface area (Å²) in [5.41, 5.74) is 2.15. The monoisotopic (exact) mass is 398 g/mol. The molecule has 4 rings (SSSR count). The van der Waals surface area contributed by atoms with Crippen molar-refractivity contribution in [2.45, 2.75) is 44.1 Å². The molecule has 1 saturated carbocycles. The van der Waals surface area contributed by atoms with Crippen molar-refractivity contribution in [2.75, 3.05) is 32.8 Å². The van der Waals surface area contributed by atoms with E-state index in [2.05, 4.69) is 39.9 Å². The Bertz CT molecular complexity index is 732. The van der Waals surface area contributed by atoms with Crippen LogP contribution < -0.4 is 5.32 Å². The van der Waals surface area contributed by atoms with Crippen LogP contribution in [0, 0.1) is 0 Å². The van der Waals surface area contributed by atoms with Crippen LogP contribution in [0.2, 0.25) is 0 Å². The Labute approximate surface area is 171 Å². The predicted octanol–water partition coefficient (Wildman–Crippen LogP) is 4.60. The van der Waals surface area contributed by atoms with Gasteiger partial charge in [0.15, 0.2) is 0 Å². The second-order valence-corrected chi connectivity index (χ2v) is 8.83. The number of carbonyl (C=O) groups is 1. The van der Waals surface area contributed by atoms with Crippen LogP contribution in [0.3, 0.4) is 0 Å². The van der Waals surface area contributed by atoms with Crippen molar-refractivity contribution in [3.8, 4) is 0 Å². The quantitative estimate of drug-likeness (QED) is 0.773. The average molecular weight is 399 g/mol. The van der Waals surface area contributed by atoms with Gasteiger partial charge in [-0.3, -0.25) is 9.69 Å². The lowest BCUT2D eigenvalue weighted by molar-refractivity contribution is 0.0169. The van der Waals surface area contributed by atoms with Crippen LogP contribution in [0.5, 0.6) is 0 Å². The van der Waals surface area contributed by atoms with E-state index < -0.39 is 0 Å². The highest BCUT2D eigenvalue weighted by Gasteiger charge is 2.24. The Morgan fingerprint density at radius 2 is 1.86 bits per heavy atom. The third-order valence-electron chi connectivity index (χ3n) is 6.06. The van der Waals surface area contributed by atoms with Crippen molar-refractivity contribution in [1.29, 1.82) is 0 Å². The molecule has 0 spiro atoms. The fraction of sp³-hybridized carbons (Fsp3) is 0.522. The summed E-state index contributed by atoms with van der Waals surface area (Å²) in [6.45, 7) is 3.98. The van der Waals surface area contributed by atoms with Crippen LogP contribution >= 0.6 is 11.3 Å². The number of benzene rings is 1. The Kier molecular flexibility index (Phi) is 6.78. The predicted molar refractivity (Wildman–Crippen MR) is 114 cm³/mol. The summed E-state index contributed by atoms with van der Waals surface area (Å²) in [5.74, 6) is 0.695. The third kappa shape index (κ3) is 4.83. The minimum absolute atomic E-state index is 0.0185. The van der Waals surface area contributed by atoms with E-state index in [0.717, 1.165) is 31.9 Å². The van der Waals surface area contributed by atoms with Crippen molar-refractivity contribution in [2.24, 2.45) is 0 Å². The van der Waals surface area contributed by atoms with E-state index in [1.165, 1.54) is 42.5 Å². The van der Waals surface area contributed by atoms with Gasteiger partial charge in [-0.2, -0.15) is 0 Å². The fourth-order valence-corrected chi connectivity index (χ4v) is 5.27. The second kappa shape index (κ2) is 9.68. The number of nitrogens with one attached hydrogen (secondary N) is 1. The lowest BCUT2D eigenvalue weighted by Crippen LogP contribution is -2.43. The van der Waals surface area contributed by atoms with Crippen LogP contribution in [0.1, 0.15) is 64.9 Å². The zero-order valence-electron chi connectivity index (χ0n) is 16.4. The number of thiophene rings is 1. The van der Waals surface area contributed by atoms with Crippen molar-refractivity contribution in [3.63, 3.8) is 0 Å². The normalized spacial score (nSPS) is 20.0. The molecule has 1 aliphatic heterocycles. The maximum atomic E-state index is 12.7. The molecule has 0 unspecified atom stereocenters. The van der Waals surface area contributed by atoms with E-state index in [1.54, 1.807) is 11.3 Å². The first-order chi connectivity index (χ1) is 13.8. The molecular formula is C23H30N2O2S. The van der Waals surface area contributed by atoms with Gasteiger partial charge in [0.1, 0.15) is 0 Å². The van der Waals surface area contributed by atoms with Crippen molar-refractivity contribution >= 4 is 17.2 Å². The van der Waals surface area contributed by atoms with Crippen LogP contribution in [-0.4, -0.2) is 43.7 Å². The molecule has 0 bridgehead atoms. The lowest BCUT2D eigenvalue weighted by Gasteiger charge is -2.34. The highest BCUT2D eigenvalue weighted by Crippen LogP contribution is 2.32. The highest BCUT2D eigenvalue weighted by molar-refractivity contribution is 7.10. The van der Waals surface area contributed by atoms with Gasteiger partial charge in [0.05, 0.1) is 19.3 Å². The standard InChI is InChI=1S/C23H30N2O2S/c26-23(20-10-8-19(9-11-20)18-5-2-1-3-6-18)24-17-21(22-7-4-16-28-22)25-12-14-27-15-13-25/h4,7-11,16,18,21H,1-3,5-6,12-15,17H2,(H,24,26)/t21-/m0/s1. The molecule has 0 radical (unpaired) electrons. The van der Waals surface area contributed by atoms with Gasteiger partial charge in [0.2, 0.25) is 0 Å². The number of nitrogens with zero attached hydrogens (tertiary/aromatic N) is 1. The fourth-order valence-electron chi connectivity index (χ4n) is 4.41. The van der Waals surface area contributed by atoms with E-state index in [4.69, 9.17) is 4.74 Å². The van der Waals surface area contributed by atoms with Gasteiger partial charge in [-0.1, -0.05) is 37.5 Å². The number of amides is 1. The summed E-state index contributed by atoms with van der Waals surface area (Å²) >= 11 is 1.76. The third-order valence-corrected chi connectivity index (χ3v) is 7.04. The van der Waals surface area contributed by atoms with Gasteiger partial charge in [-0.15, -0.1) is 11.3 Å². The summed E-state index contributed by atoms with van der Waals surface area (Å²) in [6, 6.07) is 12.8. The molecule has 1 atom stereocenters. The maximum Gasteiger partial charge on any atom is 0.251 e. The Balaban J connectivity index is 1.37. The van der Waals surface area contributed by atoms with Crippen molar-refractivity contribution in [3.05, 3.63) is 57.8 Å². The zero-order valence-corrected chi connectivity index (χ0v) is 17.3. The topological polar surface area (TPSA) is 41.6 Å². The summed E-state index contributed by atoms with van der Waals surface area (Å²) in [5, 5.41) is 5.27. The molecule has 1 saturated heterocycles. The molecule has 5 heteroatoms. The number of rotatable bonds is 6. The van der Waals surface area contributed by atoms with Crippen LogP contribution in [0.15, 0.2) is 41.8 Å². The Hall–Kier alpha value is -1.69. The van der Waals surface area contributed by atoms with Crippen molar-refractivity contribution in [1.82, 2.24) is 10.2 Å². The van der Waals surface area contributed by atoms with Crippen LogP contribution in [0.4, 0.5) is 0 Å². The first-order valence-electron chi connectivity index (χ1n) is 10.5. The van der Waals surface area contributed by atoms with Gasteiger partial charge in [-0.05, 0) is 47.9 Å². The van der Waals surface area contributed by atoms with Gasteiger partial charge in [-0.25, -0.2) is 0 Å². The van der Waals surface area contributed by atoms with E-state index in [1.807, 2.05) is 12.1 Å². The molecule has 2 fully saturated rings. The molecule has 1 aliphatic carbocycles. The van der Waals surface area contributed by atoms with E-state index >= 15 is 0 Å². The van der Waals surface area contributed by atoms with Crippen LogP contribution in [0.25, 0.3) is 0 Å². The number of morpholine rings is 1. The van der Waals surface area contributed by atoms with Crippen LogP contribution in [-0.2, 0) is 4.74 Å². The number of ether oxygens (including phenoxy) is 1. The van der Waals surface area contributed by atoms with E-state index in [9.17, 15) is 4.79 Å². The average Bonchev–Trinajstić information content (AvgIpc) is 3.30.